The van der Waals surface area contributed by atoms with Crippen molar-refractivity contribution < 1.29 is 9.59 Å². The topological polar surface area (TPSA) is 52.7 Å². The van der Waals surface area contributed by atoms with E-state index < -0.39 is 0 Å². The van der Waals surface area contributed by atoms with Crippen molar-refractivity contribution in [2.45, 2.75) is 13.3 Å². The van der Waals surface area contributed by atoms with Crippen LogP contribution >= 0.6 is 0 Å². The first-order chi connectivity index (χ1) is 7.11. The molecule has 15 heavy (non-hydrogen) atoms. The smallest absolute Gasteiger partial charge is 0.234 e. The van der Waals surface area contributed by atoms with Gasteiger partial charge in [-0.3, -0.25) is 10.2 Å². The number of carbonyl (C=O) groups is 2. The van der Waals surface area contributed by atoms with Gasteiger partial charge >= 0.3 is 0 Å². The molecule has 0 aromatic carbocycles. The van der Waals surface area contributed by atoms with Crippen LogP contribution in [0.2, 0.25) is 0 Å². The Morgan fingerprint density at radius 1 is 1.40 bits per heavy atom. The van der Waals surface area contributed by atoms with Crippen molar-refractivity contribution in [3.8, 4) is 0 Å². The quantitative estimate of drug-likeness (QED) is 0.639. The maximum Gasteiger partial charge on any atom is 0.234 e. The number of hydrazine groups is 1. The van der Waals surface area contributed by atoms with Gasteiger partial charge in [0.05, 0.1) is 0 Å². The van der Waals surface area contributed by atoms with E-state index in [1.165, 1.54) is 0 Å². The van der Waals surface area contributed by atoms with Gasteiger partial charge in [0.15, 0.2) is 0 Å². The fourth-order valence-electron chi connectivity index (χ4n) is 1.48. The zero-order valence-electron chi connectivity index (χ0n) is 9.40. The lowest BCUT2D eigenvalue weighted by atomic mass is 10.1. The summed E-state index contributed by atoms with van der Waals surface area (Å²) >= 11 is 0. The number of piperazine rings is 1. The minimum Gasteiger partial charge on any atom is -0.304 e. The zero-order chi connectivity index (χ0) is 11.3. The molecule has 0 aromatic rings. The maximum atomic E-state index is 11.4. The zero-order valence-corrected chi connectivity index (χ0v) is 9.40. The molecule has 0 saturated carbocycles. The second-order valence-electron chi connectivity index (χ2n) is 4.14. The van der Waals surface area contributed by atoms with Crippen molar-refractivity contribution in [2.75, 3.05) is 33.2 Å². The molecule has 1 atom stereocenters. The van der Waals surface area contributed by atoms with Crippen molar-refractivity contribution in [2.24, 2.45) is 5.92 Å². The van der Waals surface area contributed by atoms with Gasteiger partial charge in [0.1, 0.15) is 6.29 Å². The van der Waals surface area contributed by atoms with Gasteiger partial charge in [-0.2, -0.15) is 0 Å². The summed E-state index contributed by atoms with van der Waals surface area (Å²) in [4.78, 5) is 24.0. The standard InChI is InChI=1S/C10H19N3O2/c1-9(8-14)7-10(15)11-13-5-3-12(2)4-6-13/h8-9H,3-7H2,1-2H3,(H,11,15)/t9-/m1/s1. The first-order valence-corrected chi connectivity index (χ1v) is 5.30. The molecular formula is C10H19N3O2. The van der Waals surface area contributed by atoms with Crippen LogP contribution in [-0.4, -0.2) is 55.3 Å². The second kappa shape index (κ2) is 5.82. The van der Waals surface area contributed by atoms with E-state index in [9.17, 15) is 9.59 Å². The lowest BCUT2D eigenvalue weighted by molar-refractivity contribution is -0.129. The molecule has 0 aromatic heterocycles. The number of nitrogens with zero attached hydrogens (tertiary/aromatic N) is 2. The molecule has 0 aliphatic carbocycles. The molecule has 86 valence electrons. The second-order valence-corrected chi connectivity index (χ2v) is 4.14. The lowest BCUT2D eigenvalue weighted by Gasteiger charge is -2.32. The number of carbonyl (C=O) groups excluding carboxylic acids is 2. The number of rotatable bonds is 4. The van der Waals surface area contributed by atoms with Crippen LogP contribution in [-0.2, 0) is 9.59 Å². The Kier molecular flexibility index (Phi) is 4.71. The predicted molar refractivity (Wildman–Crippen MR) is 57.1 cm³/mol. The highest BCUT2D eigenvalue weighted by Crippen LogP contribution is 1.99. The third-order valence-corrected chi connectivity index (χ3v) is 2.53. The van der Waals surface area contributed by atoms with E-state index in [1.54, 1.807) is 6.92 Å². The molecular weight excluding hydrogens is 194 g/mol. The van der Waals surface area contributed by atoms with Gasteiger partial charge < -0.3 is 9.69 Å². The highest BCUT2D eigenvalue weighted by atomic mass is 16.2. The Labute approximate surface area is 90.4 Å². The molecule has 0 spiro atoms. The Morgan fingerprint density at radius 3 is 2.53 bits per heavy atom. The molecule has 1 saturated heterocycles. The Hall–Kier alpha value is -0.940. The van der Waals surface area contributed by atoms with E-state index in [0.717, 1.165) is 32.5 Å². The third kappa shape index (κ3) is 4.40. The van der Waals surface area contributed by atoms with Crippen LogP contribution in [0.15, 0.2) is 0 Å². The molecule has 0 unspecified atom stereocenters. The van der Waals surface area contributed by atoms with Crippen molar-refractivity contribution in [1.82, 2.24) is 15.3 Å². The van der Waals surface area contributed by atoms with E-state index in [1.807, 2.05) is 5.01 Å². The SMILES string of the molecule is C[C@@H](C=O)CC(=O)NN1CCN(C)CC1. The summed E-state index contributed by atoms with van der Waals surface area (Å²) in [5.41, 5.74) is 2.81. The monoisotopic (exact) mass is 213 g/mol. The number of likely N-dealkylation sites (N-methyl/N-ethyl adjacent to an activating group) is 1. The number of hydrogen-bond acceptors (Lipinski definition) is 4. The van der Waals surface area contributed by atoms with Crippen LogP contribution < -0.4 is 5.43 Å². The van der Waals surface area contributed by atoms with E-state index in [0.29, 0.717) is 0 Å². The van der Waals surface area contributed by atoms with Crippen molar-refractivity contribution in [3.63, 3.8) is 0 Å². The molecule has 1 aliphatic heterocycles. The Bertz CT molecular complexity index is 225. The van der Waals surface area contributed by atoms with Gasteiger partial charge in [-0.05, 0) is 7.05 Å². The molecule has 1 fully saturated rings. The van der Waals surface area contributed by atoms with Crippen LogP contribution in [0.25, 0.3) is 0 Å². The van der Waals surface area contributed by atoms with Crippen molar-refractivity contribution >= 4 is 12.2 Å². The van der Waals surface area contributed by atoms with Crippen LogP contribution in [0.1, 0.15) is 13.3 Å². The lowest BCUT2D eigenvalue weighted by Crippen LogP contribution is -2.52. The normalized spacial score (nSPS) is 20.9. The highest BCUT2D eigenvalue weighted by molar-refractivity contribution is 5.78. The first kappa shape index (κ1) is 12.1. The van der Waals surface area contributed by atoms with E-state index in [4.69, 9.17) is 0 Å². The van der Waals surface area contributed by atoms with Gasteiger partial charge in [0.25, 0.3) is 0 Å². The van der Waals surface area contributed by atoms with Gasteiger partial charge in [0, 0.05) is 38.5 Å². The predicted octanol–water partition coefficient (Wildman–Crippen LogP) is -0.510. The maximum absolute atomic E-state index is 11.4. The fourth-order valence-corrected chi connectivity index (χ4v) is 1.48. The summed E-state index contributed by atoms with van der Waals surface area (Å²) in [6.07, 6.45) is 1.08. The summed E-state index contributed by atoms with van der Waals surface area (Å²) in [6.45, 7) is 5.36. The van der Waals surface area contributed by atoms with Crippen molar-refractivity contribution in [1.29, 1.82) is 0 Å². The van der Waals surface area contributed by atoms with E-state index >= 15 is 0 Å². The molecule has 1 amide bonds. The van der Waals surface area contributed by atoms with Gasteiger partial charge in [-0.1, -0.05) is 6.92 Å². The molecule has 1 aliphatic rings. The molecule has 0 bridgehead atoms. The number of nitrogens with one attached hydrogen (secondary N) is 1. The fraction of sp³-hybridized carbons (Fsp3) is 0.800. The van der Waals surface area contributed by atoms with Crippen LogP contribution in [0.3, 0.4) is 0 Å². The van der Waals surface area contributed by atoms with Gasteiger partial charge in [-0.25, -0.2) is 5.01 Å². The molecule has 1 heterocycles. The number of amides is 1. The van der Waals surface area contributed by atoms with Crippen LogP contribution in [0, 0.1) is 5.92 Å². The van der Waals surface area contributed by atoms with Crippen molar-refractivity contribution in [3.05, 3.63) is 0 Å². The van der Waals surface area contributed by atoms with E-state index in [-0.39, 0.29) is 18.2 Å². The summed E-state index contributed by atoms with van der Waals surface area (Å²) in [5, 5.41) is 1.92. The Balaban J connectivity index is 2.23. The summed E-state index contributed by atoms with van der Waals surface area (Å²) in [7, 11) is 2.06. The third-order valence-electron chi connectivity index (χ3n) is 2.53. The average Bonchev–Trinajstić information content (AvgIpc) is 2.21. The molecule has 1 N–H and O–H groups in total. The summed E-state index contributed by atoms with van der Waals surface area (Å²) in [6, 6.07) is 0. The number of aldehydes is 1. The molecule has 0 radical (unpaired) electrons. The van der Waals surface area contributed by atoms with E-state index in [2.05, 4.69) is 17.4 Å². The Morgan fingerprint density at radius 2 is 2.00 bits per heavy atom. The highest BCUT2D eigenvalue weighted by Gasteiger charge is 2.16. The first-order valence-electron chi connectivity index (χ1n) is 5.30. The summed E-state index contributed by atoms with van der Waals surface area (Å²) in [5.74, 6) is -0.267. The minimum absolute atomic E-state index is 0.0702. The molecule has 5 heteroatoms. The molecule has 5 nitrogen and oxygen atoms in total. The van der Waals surface area contributed by atoms with Crippen LogP contribution in [0.4, 0.5) is 0 Å². The van der Waals surface area contributed by atoms with Crippen LogP contribution in [0.5, 0.6) is 0 Å². The average molecular weight is 213 g/mol. The van der Waals surface area contributed by atoms with Gasteiger partial charge in [-0.15, -0.1) is 0 Å². The largest absolute Gasteiger partial charge is 0.304 e. The summed E-state index contributed by atoms with van der Waals surface area (Å²) < 4.78 is 0. The molecule has 1 rings (SSSR count). The number of hydrogen-bond donors (Lipinski definition) is 1. The minimum atomic E-state index is -0.197. The van der Waals surface area contributed by atoms with Gasteiger partial charge in [0.2, 0.25) is 5.91 Å².